The number of fused-ring (bicyclic) bond motifs is 1. The van der Waals surface area contributed by atoms with Crippen molar-refractivity contribution in [3.05, 3.63) is 28.0 Å². The van der Waals surface area contributed by atoms with Crippen molar-refractivity contribution >= 4 is 34.9 Å². The number of hydrogen-bond acceptors (Lipinski definition) is 1. The molecule has 0 aliphatic heterocycles. The van der Waals surface area contributed by atoms with Gasteiger partial charge in [-0.2, -0.15) is 0 Å². The average Bonchev–Trinajstić information content (AvgIpc) is 2.53. The summed E-state index contributed by atoms with van der Waals surface area (Å²) in [6, 6.07) is 5.88. The van der Waals surface area contributed by atoms with E-state index in [2.05, 4.69) is 23.4 Å². The van der Waals surface area contributed by atoms with Crippen LogP contribution in [0, 0.1) is 10.7 Å². The SMILES string of the molecule is CC(C)CCn1c(=S)[nH]c2c(Cl)cccc21. The number of aryl methyl sites for hydroxylation is 1. The maximum absolute atomic E-state index is 6.11. The third-order valence-electron chi connectivity index (χ3n) is 2.69. The second-order valence-electron chi connectivity index (χ2n) is 4.40. The summed E-state index contributed by atoms with van der Waals surface area (Å²) in [5.74, 6) is 0.672. The first-order chi connectivity index (χ1) is 7.59. The third kappa shape index (κ3) is 2.15. The van der Waals surface area contributed by atoms with Crippen LogP contribution >= 0.6 is 23.8 Å². The molecule has 16 heavy (non-hydrogen) atoms. The molecule has 2 aromatic rings. The number of rotatable bonds is 3. The zero-order chi connectivity index (χ0) is 11.7. The van der Waals surface area contributed by atoms with E-state index in [1.165, 1.54) is 0 Å². The topological polar surface area (TPSA) is 20.7 Å². The molecule has 0 amide bonds. The standard InChI is InChI=1S/C12H15ClN2S/c1-8(2)6-7-15-10-5-3-4-9(13)11(10)14-12(15)16/h3-5,8H,6-7H2,1-2H3,(H,14,16). The molecule has 2 nitrogen and oxygen atoms in total. The second-order valence-corrected chi connectivity index (χ2v) is 5.19. The molecule has 0 unspecified atom stereocenters. The molecule has 2 rings (SSSR count). The van der Waals surface area contributed by atoms with Crippen molar-refractivity contribution in [1.82, 2.24) is 9.55 Å². The predicted octanol–water partition coefficient (Wildman–Crippen LogP) is 4.40. The number of H-pyrrole nitrogens is 1. The zero-order valence-electron chi connectivity index (χ0n) is 9.46. The minimum atomic E-state index is 0.672. The minimum absolute atomic E-state index is 0.672. The van der Waals surface area contributed by atoms with Gasteiger partial charge in [0.05, 0.1) is 16.1 Å². The summed E-state index contributed by atoms with van der Waals surface area (Å²) >= 11 is 11.4. The average molecular weight is 255 g/mol. The molecule has 0 spiro atoms. The quantitative estimate of drug-likeness (QED) is 0.806. The lowest BCUT2D eigenvalue weighted by molar-refractivity contribution is 0.520. The monoisotopic (exact) mass is 254 g/mol. The van der Waals surface area contributed by atoms with Crippen LogP contribution in [-0.4, -0.2) is 9.55 Å². The van der Waals surface area contributed by atoms with Crippen LogP contribution in [-0.2, 0) is 6.54 Å². The van der Waals surface area contributed by atoms with Crippen LogP contribution < -0.4 is 0 Å². The normalized spacial score (nSPS) is 11.5. The Kier molecular flexibility index (Phi) is 3.36. The number of benzene rings is 1. The Hall–Kier alpha value is -0.800. The van der Waals surface area contributed by atoms with E-state index in [4.69, 9.17) is 23.8 Å². The fourth-order valence-electron chi connectivity index (χ4n) is 1.75. The van der Waals surface area contributed by atoms with Crippen molar-refractivity contribution in [2.24, 2.45) is 5.92 Å². The number of aromatic nitrogens is 2. The first kappa shape index (κ1) is 11.7. The maximum atomic E-state index is 6.11. The summed E-state index contributed by atoms with van der Waals surface area (Å²) in [5.41, 5.74) is 2.04. The molecular formula is C12H15ClN2S. The molecule has 1 aromatic carbocycles. The van der Waals surface area contributed by atoms with Gasteiger partial charge in [0.2, 0.25) is 0 Å². The summed E-state index contributed by atoms with van der Waals surface area (Å²) in [5, 5.41) is 0.729. The first-order valence-corrected chi connectivity index (χ1v) is 6.25. The molecule has 0 aliphatic rings. The molecular weight excluding hydrogens is 240 g/mol. The number of imidazole rings is 1. The lowest BCUT2D eigenvalue weighted by Crippen LogP contribution is -2.01. The molecule has 0 saturated carbocycles. The molecule has 0 aliphatic carbocycles. The van der Waals surface area contributed by atoms with Gasteiger partial charge in [0.15, 0.2) is 4.77 Å². The Labute approximate surface area is 105 Å². The second kappa shape index (κ2) is 4.60. The molecule has 4 heteroatoms. The van der Waals surface area contributed by atoms with E-state index >= 15 is 0 Å². The molecule has 0 radical (unpaired) electrons. The fourth-order valence-corrected chi connectivity index (χ4v) is 2.26. The number of hydrogen-bond donors (Lipinski definition) is 1. The molecule has 1 N–H and O–H groups in total. The summed E-state index contributed by atoms with van der Waals surface area (Å²) < 4.78 is 2.88. The predicted molar refractivity (Wildman–Crippen MR) is 71.6 cm³/mol. The van der Waals surface area contributed by atoms with Gasteiger partial charge in [0.1, 0.15) is 0 Å². The highest BCUT2D eigenvalue weighted by molar-refractivity contribution is 7.71. The summed E-state index contributed by atoms with van der Waals surface area (Å²) in [6.45, 7) is 5.37. The smallest absolute Gasteiger partial charge is 0.178 e. The van der Waals surface area contributed by atoms with Crippen LogP contribution in [0.3, 0.4) is 0 Å². The number of nitrogens with zero attached hydrogens (tertiary/aromatic N) is 1. The number of nitrogens with one attached hydrogen (secondary N) is 1. The Morgan fingerprint density at radius 1 is 1.44 bits per heavy atom. The highest BCUT2D eigenvalue weighted by Gasteiger charge is 2.07. The summed E-state index contributed by atoms with van der Waals surface area (Å²) in [7, 11) is 0. The van der Waals surface area contributed by atoms with E-state index in [-0.39, 0.29) is 0 Å². The number of aromatic amines is 1. The minimum Gasteiger partial charge on any atom is -0.329 e. The van der Waals surface area contributed by atoms with Gasteiger partial charge in [-0.3, -0.25) is 0 Å². The Bertz CT molecular complexity index is 554. The molecule has 0 bridgehead atoms. The van der Waals surface area contributed by atoms with Gasteiger partial charge in [0, 0.05) is 6.54 Å². The number of halogens is 1. The summed E-state index contributed by atoms with van der Waals surface area (Å²) in [6.07, 6.45) is 1.12. The highest BCUT2D eigenvalue weighted by atomic mass is 35.5. The summed E-state index contributed by atoms with van der Waals surface area (Å²) in [4.78, 5) is 3.16. The Morgan fingerprint density at radius 3 is 2.88 bits per heavy atom. The Morgan fingerprint density at radius 2 is 2.19 bits per heavy atom. The largest absolute Gasteiger partial charge is 0.329 e. The van der Waals surface area contributed by atoms with Crippen LogP contribution in [0.15, 0.2) is 18.2 Å². The lowest BCUT2D eigenvalue weighted by Gasteiger charge is -2.06. The van der Waals surface area contributed by atoms with Crippen molar-refractivity contribution in [3.8, 4) is 0 Å². The van der Waals surface area contributed by atoms with Crippen LogP contribution in [0.4, 0.5) is 0 Å². The van der Waals surface area contributed by atoms with Crippen LogP contribution in [0.5, 0.6) is 0 Å². The number of para-hydroxylation sites is 1. The van der Waals surface area contributed by atoms with Crippen LogP contribution in [0.2, 0.25) is 5.02 Å². The van der Waals surface area contributed by atoms with E-state index in [9.17, 15) is 0 Å². The van der Waals surface area contributed by atoms with Crippen LogP contribution in [0.1, 0.15) is 20.3 Å². The molecule has 0 saturated heterocycles. The van der Waals surface area contributed by atoms with Gasteiger partial charge in [-0.1, -0.05) is 31.5 Å². The molecule has 0 atom stereocenters. The van der Waals surface area contributed by atoms with Gasteiger partial charge in [-0.05, 0) is 36.7 Å². The van der Waals surface area contributed by atoms with Gasteiger partial charge in [-0.15, -0.1) is 0 Å². The van der Waals surface area contributed by atoms with Crippen LogP contribution in [0.25, 0.3) is 11.0 Å². The molecule has 1 heterocycles. The molecule has 86 valence electrons. The first-order valence-electron chi connectivity index (χ1n) is 5.46. The Balaban J connectivity index is 2.48. The van der Waals surface area contributed by atoms with E-state index in [0.717, 1.165) is 33.8 Å². The highest BCUT2D eigenvalue weighted by Crippen LogP contribution is 2.23. The van der Waals surface area contributed by atoms with Gasteiger partial charge < -0.3 is 9.55 Å². The van der Waals surface area contributed by atoms with Crippen molar-refractivity contribution in [3.63, 3.8) is 0 Å². The van der Waals surface area contributed by atoms with E-state index in [1.54, 1.807) is 0 Å². The molecule has 1 aromatic heterocycles. The maximum Gasteiger partial charge on any atom is 0.178 e. The van der Waals surface area contributed by atoms with Crippen molar-refractivity contribution in [2.45, 2.75) is 26.8 Å². The van der Waals surface area contributed by atoms with Gasteiger partial charge in [0.25, 0.3) is 0 Å². The van der Waals surface area contributed by atoms with Crippen molar-refractivity contribution in [2.75, 3.05) is 0 Å². The van der Waals surface area contributed by atoms with E-state index in [1.807, 2.05) is 18.2 Å². The lowest BCUT2D eigenvalue weighted by atomic mass is 10.1. The van der Waals surface area contributed by atoms with Crippen molar-refractivity contribution in [1.29, 1.82) is 0 Å². The fraction of sp³-hybridized carbons (Fsp3) is 0.417. The van der Waals surface area contributed by atoms with Gasteiger partial charge >= 0.3 is 0 Å². The van der Waals surface area contributed by atoms with Gasteiger partial charge in [-0.25, -0.2) is 0 Å². The van der Waals surface area contributed by atoms with Crippen molar-refractivity contribution < 1.29 is 0 Å². The van der Waals surface area contributed by atoms with E-state index in [0.29, 0.717) is 5.92 Å². The third-order valence-corrected chi connectivity index (χ3v) is 3.33. The van der Waals surface area contributed by atoms with E-state index < -0.39 is 0 Å². The molecule has 0 fully saturated rings. The zero-order valence-corrected chi connectivity index (χ0v) is 11.0.